The summed E-state index contributed by atoms with van der Waals surface area (Å²) in [6.07, 6.45) is 2.58. The van der Waals surface area contributed by atoms with Crippen molar-refractivity contribution in [3.8, 4) is 6.07 Å². The first-order valence-corrected chi connectivity index (χ1v) is 6.14. The summed E-state index contributed by atoms with van der Waals surface area (Å²) < 4.78 is -0.453. The van der Waals surface area contributed by atoms with Crippen molar-refractivity contribution < 1.29 is 19.2 Å². The Morgan fingerprint density at radius 1 is 1.71 bits per heavy atom. The fourth-order valence-electron chi connectivity index (χ4n) is 2.41. The molecule has 21 heavy (non-hydrogen) atoms. The summed E-state index contributed by atoms with van der Waals surface area (Å²) in [5.74, 6) is -1.83. The van der Waals surface area contributed by atoms with Gasteiger partial charge in [0.25, 0.3) is 0 Å². The largest absolute Gasteiger partial charge is 0.477 e. The van der Waals surface area contributed by atoms with E-state index in [0.717, 1.165) is 11.1 Å². The molecule has 1 unspecified atom stereocenters. The number of carbonyl (C=O) groups is 2. The lowest BCUT2D eigenvalue weighted by atomic mass is 10.0. The number of hydrogen-bond acceptors (Lipinski definition) is 4. The first-order chi connectivity index (χ1) is 9.63. The molecule has 1 heterocycles. The summed E-state index contributed by atoms with van der Waals surface area (Å²) in [7, 11) is 0. The summed E-state index contributed by atoms with van der Waals surface area (Å²) in [4.78, 5) is 24.8. The molecule has 0 aliphatic carbocycles. The molecular weight excluding hydrogens is 274 g/mol. The van der Waals surface area contributed by atoms with Gasteiger partial charge in [0, 0.05) is 0 Å². The van der Waals surface area contributed by atoms with Crippen LogP contribution >= 0.6 is 0 Å². The van der Waals surface area contributed by atoms with Crippen LogP contribution in [-0.4, -0.2) is 51.1 Å². The molecule has 0 aromatic heterocycles. The van der Waals surface area contributed by atoms with Gasteiger partial charge >= 0.3 is 12.0 Å². The van der Waals surface area contributed by atoms with Crippen molar-refractivity contribution in [2.24, 2.45) is 5.73 Å². The molecule has 0 radical (unpaired) electrons. The number of rotatable bonds is 4. The number of nitrogens with zero attached hydrogens (tertiary/aromatic N) is 3. The van der Waals surface area contributed by atoms with Crippen LogP contribution in [-0.2, 0) is 4.79 Å². The van der Waals surface area contributed by atoms with E-state index in [4.69, 9.17) is 21.5 Å². The molecule has 0 saturated carbocycles. The maximum absolute atomic E-state index is 12.6. The molecule has 1 aliphatic heterocycles. The number of aliphatic carboxylic acids is 1. The third-order valence-electron chi connectivity index (χ3n) is 3.61. The van der Waals surface area contributed by atoms with Crippen LogP contribution < -0.4 is 5.73 Å². The van der Waals surface area contributed by atoms with Crippen LogP contribution in [0.4, 0.5) is 4.79 Å². The van der Waals surface area contributed by atoms with Gasteiger partial charge in [0.2, 0.25) is 0 Å². The average molecular weight is 292 g/mol. The van der Waals surface area contributed by atoms with Crippen LogP contribution in [0, 0.1) is 16.7 Å². The maximum Gasteiger partial charge on any atom is 0.431 e. The molecule has 1 fully saturated rings. The van der Waals surface area contributed by atoms with Crippen LogP contribution in [0.15, 0.2) is 24.4 Å². The molecular formula is C13H18N5O3+. The van der Waals surface area contributed by atoms with Gasteiger partial charge in [-0.25, -0.2) is 19.0 Å². The molecule has 1 aliphatic rings. The molecule has 112 valence electrons. The van der Waals surface area contributed by atoms with Crippen molar-refractivity contribution in [3.63, 3.8) is 0 Å². The molecule has 0 aromatic carbocycles. The molecule has 0 spiro atoms. The van der Waals surface area contributed by atoms with Gasteiger partial charge in [-0.05, 0) is 19.9 Å². The second-order valence-corrected chi connectivity index (χ2v) is 5.37. The van der Waals surface area contributed by atoms with E-state index in [9.17, 15) is 9.59 Å². The zero-order valence-electron chi connectivity index (χ0n) is 12.0. The zero-order chi connectivity index (χ0) is 16.4. The molecule has 8 nitrogen and oxygen atoms in total. The Bertz CT molecular complexity index is 587. The van der Waals surface area contributed by atoms with Crippen LogP contribution in [0.5, 0.6) is 0 Å². The number of urea groups is 1. The van der Waals surface area contributed by atoms with Crippen molar-refractivity contribution in [2.45, 2.75) is 19.4 Å². The highest BCUT2D eigenvalue weighted by Crippen LogP contribution is 2.36. The summed E-state index contributed by atoms with van der Waals surface area (Å²) in [5, 5.41) is 25.4. The normalized spacial score (nSPS) is 24.5. The molecule has 2 amide bonds. The minimum Gasteiger partial charge on any atom is -0.477 e. The Hall–Kier alpha value is -2.66. The highest BCUT2D eigenvalue weighted by molar-refractivity contribution is 5.94. The monoisotopic (exact) mass is 292 g/mol. The van der Waals surface area contributed by atoms with Crippen molar-refractivity contribution in [3.05, 3.63) is 24.4 Å². The maximum atomic E-state index is 12.6. The standard InChI is InChI=1S/C13H17N5O3/c1-4-5-18(7-9(6-14)10(19)20)12(21)17(11(15)16)8-13(18,2)3/h4,7H,1,5,8H2,2-3H3,(H3-,15,16,19,20)/p+1. The second-order valence-electron chi connectivity index (χ2n) is 5.37. The lowest BCUT2D eigenvalue weighted by Crippen LogP contribution is -2.57. The van der Waals surface area contributed by atoms with E-state index >= 15 is 0 Å². The van der Waals surface area contributed by atoms with Crippen LogP contribution in [0.25, 0.3) is 0 Å². The van der Waals surface area contributed by atoms with E-state index in [1.165, 1.54) is 6.08 Å². The highest BCUT2D eigenvalue weighted by atomic mass is 16.4. The molecule has 0 aromatic rings. The second kappa shape index (κ2) is 5.38. The van der Waals surface area contributed by atoms with E-state index in [1.54, 1.807) is 19.9 Å². The number of quaternary nitrogens is 1. The Balaban J connectivity index is 3.56. The van der Waals surface area contributed by atoms with Gasteiger partial charge in [-0.15, -0.1) is 0 Å². The highest BCUT2D eigenvalue weighted by Gasteiger charge is 2.59. The predicted molar refractivity (Wildman–Crippen MR) is 74.8 cm³/mol. The van der Waals surface area contributed by atoms with Crippen LogP contribution in [0.3, 0.4) is 0 Å². The number of carboxylic acid groups (broad SMARTS) is 1. The Morgan fingerprint density at radius 2 is 2.29 bits per heavy atom. The van der Waals surface area contributed by atoms with Crippen molar-refractivity contribution in [1.82, 2.24) is 4.90 Å². The summed E-state index contributed by atoms with van der Waals surface area (Å²) >= 11 is 0. The number of amides is 2. The number of nitriles is 1. The summed E-state index contributed by atoms with van der Waals surface area (Å²) in [5.41, 5.74) is 4.09. The Morgan fingerprint density at radius 3 is 2.62 bits per heavy atom. The first-order valence-electron chi connectivity index (χ1n) is 6.14. The number of nitrogens with two attached hydrogens (primary N) is 1. The van der Waals surface area contributed by atoms with Gasteiger partial charge in [0.05, 0.1) is 6.54 Å². The van der Waals surface area contributed by atoms with Gasteiger partial charge in [0.15, 0.2) is 11.5 Å². The zero-order valence-corrected chi connectivity index (χ0v) is 12.0. The van der Waals surface area contributed by atoms with Crippen molar-refractivity contribution in [2.75, 3.05) is 13.1 Å². The third kappa shape index (κ3) is 2.51. The molecule has 0 bridgehead atoms. The fraction of sp³-hybridized carbons (Fsp3) is 0.385. The van der Waals surface area contributed by atoms with E-state index in [1.807, 2.05) is 0 Å². The Labute approximate surface area is 122 Å². The summed E-state index contributed by atoms with van der Waals surface area (Å²) in [6, 6.07) is 1.02. The SMILES string of the molecule is C=CC[N+]1(C=C(C#N)C(=O)O)C(=O)N(C(=N)N)CC1(C)C. The van der Waals surface area contributed by atoms with Crippen LogP contribution in [0.2, 0.25) is 0 Å². The predicted octanol–water partition coefficient (Wildman–Crippen LogP) is 0.589. The fourth-order valence-corrected chi connectivity index (χ4v) is 2.41. The van der Waals surface area contributed by atoms with E-state index < -0.39 is 33.6 Å². The molecule has 4 N–H and O–H groups in total. The molecule has 8 heteroatoms. The van der Waals surface area contributed by atoms with Gasteiger partial charge in [0.1, 0.15) is 24.4 Å². The van der Waals surface area contributed by atoms with Crippen molar-refractivity contribution >= 4 is 18.0 Å². The van der Waals surface area contributed by atoms with Gasteiger partial charge in [-0.3, -0.25) is 5.41 Å². The van der Waals surface area contributed by atoms with Gasteiger partial charge < -0.3 is 10.8 Å². The number of carbonyl (C=O) groups excluding carboxylic acids is 1. The number of carboxylic acids is 1. The average Bonchev–Trinajstić information content (AvgIpc) is 2.57. The number of guanidine groups is 1. The summed E-state index contributed by atoms with van der Waals surface area (Å²) in [6.45, 7) is 7.30. The van der Waals surface area contributed by atoms with Crippen molar-refractivity contribution in [1.29, 1.82) is 10.7 Å². The third-order valence-corrected chi connectivity index (χ3v) is 3.61. The van der Waals surface area contributed by atoms with Gasteiger partial charge in [-0.2, -0.15) is 5.26 Å². The van der Waals surface area contributed by atoms with Crippen LogP contribution in [0.1, 0.15) is 13.8 Å². The van der Waals surface area contributed by atoms with Gasteiger partial charge in [-0.1, -0.05) is 6.58 Å². The Kier molecular flexibility index (Phi) is 4.20. The molecule has 1 rings (SSSR count). The smallest absolute Gasteiger partial charge is 0.431 e. The quantitative estimate of drug-likeness (QED) is 0.174. The van der Waals surface area contributed by atoms with E-state index in [-0.39, 0.29) is 13.1 Å². The molecule has 1 saturated heterocycles. The van der Waals surface area contributed by atoms with E-state index in [2.05, 4.69) is 6.58 Å². The lowest BCUT2D eigenvalue weighted by Gasteiger charge is -2.36. The minimum atomic E-state index is -1.41. The topological polar surface area (TPSA) is 131 Å². The lowest BCUT2D eigenvalue weighted by molar-refractivity contribution is -0.833. The minimum absolute atomic E-state index is 0.0913. The first kappa shape index (κ1) is 16.4. The molecule has 1 atom stereocenters. The number of hydrogen-bond donors (Lipinski definition) is 3. The number of nitrogens with one attached hydrogen (secondary N) is 1. The van der Waals surface area contributed by atoms with E-state index in [0.29, 0.717) is 0 Å².